The number of rotatable bonds is 6. The van der Waals surface area contributed by atoms with Gasteiger partial charge in [0.25, 0.3) is 0 Å². The van der Waals surface area contributed by atoms with Crippen molar-refractivity contribution >= 4 is 0 Å². The number of benzene rings is 1. The largest absolute Gasteiger partial charge is 0.508 e. The van der Waals surface area contributed by atoms with Crippen LogP contribution in [-0.4, -0.2) is 22.9 Å². The van der Waals surface area contributed by atoms with E-state index in [4.69, 9.17) is 5.11 Å². The van der Waals surface area contributed by atoms with Gasteiger partial charge in [0.2, 0.25) is 0 Å². The monoisotopic (exact) mass is 255 g/mol. The minimum absolute atomic E-state index is 0.0702. The van der Waals surface area contributed by atoms with E-state index < -0.39 is 5.82 Å². The van der Waals surface area contributed by atoms with Gasteiger partial charge in [0.05, 0.1) is 0 Å². The van der Waals surface area contributed by atoms with Crippen LogP contribution in [-0.2, 0) is 0 Å². The third-order valence-electron chi connectivity index (χ3n) is 3.16. The van der Waals surface area contributed by atoms with E-state index in [-0.39, 0.29) is 24.4 Å². The van der Waals surface area contributed by atoms with Crippen molar-refractivity contribution in [3.05, 3.63) is 29.6 Å². The van der Waals surface area contributed by atoms with E-state index in [9.17, 15) is 9.50 Å². The lowest BCUT2D eigenvalue weighted by Crippen LogP contribution is -2.36. The summed E-state index contributed by atoms with van der Waals surface area (Å²) in [5, 5.41) is 21.5. The Morgan fingerprint density at radius 2 is 1.94 bits per heavy atom. The van der Waals surface area contributed by atoms with Crippen LogP contribution in [0.2, 0.25) is 0 Å². The Morgan fingerprint density at radius 3 is 2.44 bits per heavy atom. The van der Waals surface area contributed by atoms with E-state index in [1.807, 2.05) is 6.92 Å². The van der Waals surface area contributed by atoms with Crippen LogP contribution < -0.4 is 5.32 Å². The first-order valence-electron chi connectivity index (χ1n) is 6.31. The number of phenols is 1. The van der Waals surface area contributed by atoms with E-state index in [1.165, 1.54) is 6.07 Å². The standard InChI is InChI=1S/C14H22FNO2/c1-9(2)14(6-7-17)16-10(3)12-5-4-11(18)8-13(12)15/h4-5,8-10,14,16-18H,6-7H2,1-3H3. The first-order chi connectivity index (χ1) is 8.45. The van der Waals surface area contributed by atoms with Crippen LogP contribution in [0.3, 0.4) is 0 Å². The fraction of sp³-hybridized carbons (Fsp3) is 0.571. The summed E-state index contributed by atoms with van der Waals surface area (Å²) in [6, 6.07) is 4.15. The molecule has 2 unspecified atom stereocenters. The van der Waals surface area contributed by atoms with Crippen LogP contribution >= 0.6 is 0 Å². The van der Waals surface area contributed by atoms with Crippen molar-refractivity contribution in [3.63, 3.8) is 0 Å². The normalized spacial score (nSPS) is 14.8. The third-order valence-corrected chi connectivity index (χ3v) is 3.16. The Balaban J connectivity index is 2.76. The number of aliphatic hydroxyl groups is 1. The molecule has 0 saturated carbocycles. The van der Waals surface area contributed by atoms with Gasteiger partial charge >= 0.3 is 0 Å². The fourth-order valence-corrected chi connectivity index (χ4v) is 2.03. The Labute approximate surface area is 108 Å². The molecule has 4 heteroatoms. The number of nitrogens with one attached hydrogen (secondary N) is 1. The van der Waals surface area contributed by atoms with Crippen LogP contribution in [0.5, 0.6) is 5.75 Å². The summed E-state index contributed by atoms with van der Waals surface area (Å²) in [4.78, 5) is 0. The zero-order valence-electron chi connectivity index (χ0n) is 11.2. The predicted octanol–water partition coefficient (Wildman–Crippen LogP) is 2.59. The van der Waals surface area contributed by atoms with Crippen LogP contribution in [0, 0.1) is 11.7 Å². The molecule has 2 atom stereocenters. The Hall–Kier alpha value is -1.13. The van der Waals surface area contributed by atoms with E-state index >= 15 is 0 Å². The molecule has 0 aliphatic rings. The van der Waals surface area contributed by atoms with Gasteiger partial charge in [0.15, 0.2) is 0 Å². The SMILES string of the molecule is CC(NC(CCO)C(C)C)c1ccc(O)cc1F. The molecule has 0 amide bonds. The summed E-state index contributed by atoms with van der Waals surface area (Å²) in [7, 11) is 0. The summed E-state index contributed by atoms with van der Waals surface area (Å²) < 4.78 is 13.7. The fourth-order valence-electron chi connectivity index (χ4n) is 2.03. The van der Waals surface area contributed by atoms with Crippen molar-refractivity contribution < 1.29 is 14.6 Å². The second-order valence-corrected chi connectivity index (χ2v) is 4.96. The third kappa shape index (κ3) is 3.96. The number of aromatic hydroxyl groups is 1. The van der Waals surface area contributed by atoms with E-state index in [2.05, 4.69) is 19.2 Å². The molecule has 1 aromatic carbocycles. The van der Waals surface area contributed by atoms with Crippen molar-refractivity contribution in [2.45, 2.75) is 39.3 Å². The van der Waals surface area contributed by atoms with Crippen molar-refractivity contribution in [2.75, 3.05) is 6.61 Å². The Bertz CT molecular complexity index is 382. The number of hydrogen-bond donors (Lipinski definition) is 3. The predicted molar refractivity (Wildman–Crippen MR) is 69.9 cm³/mol. The van der Waals surface area contributed by atoms with Crippen molar-refractivity contribution in [3.8, 4) is 5.75 Å². The molecular weight excluding hydrogens is 233 g/mol. The zero-order valence-corrected chi connectivity index (χ0v) is 11.2. The molecule has 0 heterocycles. The topological polar surface area (TPSA) is 52.5 Å². The quantitative estimate of drug-likeness (QED) is 0.732. The molecule has 0 aromatic heterocycles. The average molecular weight is 255 g/mol. The van der Waals surface area contributed by atoms with Gasteiger partial charge in [0, 0.05) is 30.3 Å². The zero-order chi connectivity index (χ0) is 13.7. The summed E-state index contributed by atoms with van der Waals surface area (Å²) in [5.74, 6) is -0.125. The molecule has 3 N–H and O–H groups in total. The lowest BCUT2D eigenvalue weighted by Gasteiger charge is -2.26. The first-order valence-corrected chi connectivity index (χ1v) is 6.31. The summed E-state index contributed by atoms with van der Waals surface area (Å²) in [6.07, 6.45) is 0.641. The maximum absolute atomic E-state index is 13.7. The molecule has 0 spiro atoms. The minimum Gasteiger partial charge on any atom is -0.508 e. The van der Waals surface area contributed by atoms with Gasteiger partial charge in [-0.25, -0.2) is 4.39 Å². The molecule has 0 aliphatic carbocycles. The molecule has 0 bridgehead atoms. The maximum atomic E-state index is 13.7. The highest BCUT2D eigenvalue weighted by Gasteiger charge is 2.18. The number of halogens is 1. The highest BCUT2D eigenvalue weighted by atomic mass is 19.1. The maximum Gasteiger partial charge on any atom is 0.131 e. The lowest BCUT2D eigenvalue weighted by molar-refractivity contribution is 0.236. The molecule has 1 rings (SSSR count). The van der Waals surface area contributed by atoms with Crippen LogP contribution in [0.15, 0.2) is 18.2 Å². The van der Waals surface area contributed by atoms with Gasteiger partial charge in [-0.2, -0.15) is 0 Å². The van der Waals surface area contributed by atoms with E-state index in [1.54, 1.807) is 6.07 Å². The van der Waals surface area contributed by atoms with Gasteiger partial charge in [-0.05, 0) is 25.3 Å². The van der Waals surface area contributed by atoms with Crippen molar-refractivity contribution in [1.29, 1.82) is 0 Å². The highest BCUT2D eigenvalue weighted by Crippen LogP contribution is 2.22. The van der Waals surface area contributed by atoms with E-state index in [0.29, 0.717) is 17.9 Å². The smallest absolute Gasteiger partial charge is 0.131 e. The van der Waals surface area contributed by atoms with Gasteiger partial charge in [-0.3, -0.25) is 0 Å². The molecule has 0 saturated heterocycles. The lowest BCUT2D eigenvalue weighted by atomic mass is 9.98. The average Bonchev–Trinajstić information content (AvgIpc) is 2.27. The molecule has 0 fully saturated rings. The molecule has 102 valence electrons. The van der Waals surface area contributed by atoms with Gasteiger partial charge in [-0.1, -0.05) is 19.9 Å². The molecule has 1 aromatic rings. The number of aliphatic hydroxyl groups excluding tert-OH is 1. The highest BCUT2D eigenvalue weighted by molar-refractivity contribution is 5.29. The molecular formula is C14H22FNO2. The number of phenolic OH excluding ortho intramolecular Hbond substituents is 1. The number of hydrogen-bond acceptors (Lipinski definition) is 3. The van der Waals surface area contributed by atoms with Crippen molar-refractivity contribution in [1.82, 2.24) is 5.32 Å². The van der Waals surface area contributed by atoms with Gasteiger partial charge in [0.1, 0.15) is 11.6 Å². The second-order valence-electron chi connectivity index (χ2n) is 4.96. The molecule has 3 nitrogen and oxygen atoms in total. The minimum atomic E-state index is -0.415. The van der Waals surface area contributed by atoms with Gasteiger partial charge < -0.3 is 15.5 Å². The summed E-state index contributed by atoms with van der Waals surface area (Å²) >= 11 is 0. The second kappa shape index (κ2) is 6.71. The Kier molecular flexibility index (Phi) is 5.56. The summed E-state index contributed by atoms with van der Waals surface area (Å²) in [5.41, 5.74) is 0.524. The van der Waals surface area contributed by atoms with Crippen LogP contribution in [0.4, 0.5) is 4.39 Å². The van der Waals surface area contributed by atoms with Crippen LogP contribution in [0.25, 0.3) is 0 Å². The summed E-state index contributed by atoms with van der Waals surface area (Å²) in [6.45, 7) is 6.11. The first kappa shape index (κ1) is 14.9. The molecule has 18 heavy (non-hydrogen) atoms. The van der Waals surface area contributed by atoms with Gasteiger partial charge in [-0.15, -0.1) is 0 Å². The van der Waals surface area contributed by atoms with Crippen LogP contribution in [0.1, 0.15) is 38.8 Å². The van der Waals surface area contributed by atoms with E-state index in [0.717, 1.165) is 6.07 Å². The molecule has 0 aliphatic heterocycles. The van der Waals surface area contributed by atoms with Crippen molar-refractivity contribution in [2.24, 2.45) is 5.92 Å². The Morgan fingerprint density at radius 1 is 1.28 bits per heavy atom. The molecule has 0 radical (unpaired) electrons.